The molecule has 0 radical (unpaired) electrons. The van der Waals surface area contributed by atoms with Crippen LogP contribution in [0.3, 0.4) is 0 Å². The first kappa shape index (κ1) is 29.4. The molecule has 5 unspecified atom stereocenters. The first-order valence-electron chi connectivity index (χ1n) is 11.2. The van der Waals surface area contributed by atoms with Crippen molar-refractivity contribution < 1.29 is 29.4 Å². The monoisotopic (exact) mass is 496 g/mol. The van der Waals surface area contributed by atoms with Crippen LogP contribution in [0.15, 0.2) is 30.3 Å². The Morgan fingerprint density at radius 1 is 1.00 bits per heavy atom. The Morgan fingerprint density at radius 3 is 2.15 bits per heavy atom. The van der Waals surface area contributed by atoms with E-state index in [1.807, 2.05) is 19.2 Å². The number of carboxylic acid groups (broad SMARTS) is 1. The van der Waals surface area contributed by atoms with E-state index in [-0.39, 0.29) is 18.8 Å². The molecule has 1 rings (SSSR count). The molecule has 0 aliphatic carbocycles. The van der Waals surface area contributed by atoms with Crippen LogP contribution in [0.25, 0.3) is 0 Å². The number of benzene rings is 1. The molecular formula is C23H36N4O6S. The summed E-state index contributed by atoms with van der Waals surface area (Å²) in [4.78, 5) is 50.0. The average Bonchev–Trinajstić information content (AvgIpc) is 2.83. The first-order valence-corrected chi connectivity index (χ1v) is 12.6. The highest BCUT2D eigenvalue weighted by molar-refractivity contribution is 7.98. The fourth-order valence-electron chi connectivity index (χ4n) is 3.13. The molecule has 1 aromatic carbocycles. The van der Waals surface area contributed by atoms with Crippen molar-refractivity contribution >= 4 is 35.5 Å². The number of nitrogens with two attached hydrogens (primary N) is 1. The topological polar surface area (TPSA) is 171 Å². The maximum Gasteiger partial charge on any atom is 0.326 e. The number of aliphatic hydroxyl groups excluding tert-OH is 1. The lowest BCUT2D eigenvalue weighted by Crippen LogP contribution is -2.59. The van der Waals surface area contributed by atoms with Gasteiger partial charge in [0.15, 0.2) is 0 Å². The number of rotatable bonds is 15. The van der Waals surface area contributed by atoms with Gasteiger partial charge in [0, 0.05) is 6.42 Å². The predicted octanol–water partition coefficient (Wildman–Crippen LogP) is -0.113. The molecule has 190 valence electrons. The van der Waals surface area contributed by atoms with Crippen LogP contribution in [0, 0.1) is 5.92 Å². The van der Waals surface area contributed by atoms with Gasteiger partial charge in [-0.05, 0) is 29.9 Å². The van der Waals surface area contributed by atoms with Crippen molar-refractivity contribution in [3.8, 4) is 0 Å². The van der Waals surface area contributed by atoms with Crippen LogP contribution in [0.1, 0.15) is 32.3 Å². The van der Waals surface area contributed by atoms with E-state index in [1.165, 1.54) is 11.8 Å². The molecule has 0 aliphatic heterocycles. The number of hydrogen-bond acceptors (Lipinski definition) is 7. The number of amides is 3. The zero-order valence-corrected chi connectivity index (χ0v) is 20.6. The van der Waals surface area contributed by atoms with Crippen molar-refractivity contribution in [3.63, 3.8) is 0 Å². The number of carbonyl (C=O) groups is 4. The molecule has 0 bridgehead atoms. The maximum atomic E-state index is 13.2. The van der Waals surface area contributed by atoms with E-state index in [2.05, 4.69) is 16.0 Å². The lowest BCUT2D eigenvalue weighted by Gasteiger charge is -2.28. The minimum absolute atomic E-state index is 0.136. The molecule has 7 N–H and O–H groups in total. The van der Waals surface area contributed by atoms with E-state index in [0.717, 1.165) is 5.56 Å². The molecule has 0 spiro atoms. The molecule has 0 heterocycles. The highest BCUT2D eigenvalue weighted by Gasteiger charge is 2.32. The highest BCUT2D eigenvalue weighted by atomic mass is 32.2. The molecule has 5 atom stereocenters. The van der Waals surface area contributed by atoms with Crippen LogP contribution >= 0.6 is 11.8 Å². The van der Waals surface area contributed by atoms with Crippen LogP contribution in [0.2, 0.25) is 0 Å². The van der Waals surface area contributed by atoms with Crippen molar-refractivity contribution in [2.75, 3.05) is 18.6 Å². The standard InChI is InChI=1S/C23H36N4O6S/c1-4-14(2)19(22(31)25-17(23(32)33)10-11-34-3)27-21(30)18(26-20(29)16(24)13-28)12-15-8-6-5-7-9-15/h5-9,14,16-19,28H,4,10-13,24H2,1-3H3,(H,25,31)(H,26,29)(H,27,30)(H,32,33). The lowest BCUT2D eigenvalue weighted by molar-refractivity contribution is -0.142. The average molecular weight is 497 g/mol. The van der Waals surface area contributed by atoms with E-state index in [4.69, 9.17) is 5.73 Å². The summed E-state index contributed by atoms with van der Waals surface area (Å²) in [6.45, 7) is 3.04. The summed E-state index contributed by atoms with van der Waals surface area (Å²) in [6, 6.07) is 4.65. The van der Waals surface area contributed by atoms with E-state index in [9.17, 15) is 29.4 Å². The van der Waals surface area contributed by atoms with Gasteiger partial charge in [0.1, 0.15) is 24.2 Å². The summed E-state index contributed by atoms with van der Waals surface area (Å²) in [6.07, 6.45) is 2.77. The molecular weight excluding hydrogens is 460 g/mol. The first-order chi connectivity index (χ1) is 16.1. The van der Waals surface area contributed by atoms with Crippen LogP contribution < -0.4 is 21.7 Å². The van der Waals surface area contributed by atoms with Gasteiger partial charge in [0.25, 0.3) is 0 Å². The second-order valence-electron chi connectivity index (χ2n) is 8.09. The Balaban J connectivity index is 3.08. The fourth-order valence-corrected chi connectivity index (χ4v) is 3.60. The van der Waals surface area contributed by atoms with Crippen molar-refractivity contribution in [2.45, 2.75) is 57.3 Å². The third-order valence-electron chi connectivity index (χ3n) is 5.47. The summed E-state index contributed by atoms with van der Waals surface area (Å²) in [5.41, 5.74) is 6.36. The molecule has 0 aromatic heterocycles. The number of carbonyl (C=O) groups excluding carboxylic acids is 3. The van der Waals surface area contributed by atoms with Gasteiger partial charge in [0.05, 0.1) is 6.61 Å². The van der Waals surface area contributed by atoms with Crippen molar-refractivity contribution in [2.24, 2.45) is 11.7 Å². The number of thioether (sulfide) groups is 1. The second kappa shape index (κ2) is 15.3. The van der Waals surface area contributed by atoms with Gasteiger partial charge >= 0.3 is 5.97 Å². The zero-order chi connectivity index (χ0) is 25.7. The number of nitrogens with one attached hydrogen (secondary N) is 3. The summed E-state index contributed by atoms with van der Waals surface area (Å²) >= 11 is 1.47. The number of carboxylic acids is 1. The third kappa shape index (κ3) is 9.70. The Hall–Kier alpha value is -2.63. The molecule has 11 heteroatoms. The normalized spacial score (nSPS) is 15.3. The summed E-state index contributed by atoms with van der Waals surface area (Å²) in [5.74, 6) is -2.82. The molecule has 3 amide bonds. The second-order valence-corrected chi connectivity index (χ2v) is 9.08. The number of aliphatic hydroxyl groups is 1. The Bertz CT molecular complexity index is 810. The summed E-state index contributed by atoms with van der Waals surface area (Å²) in [5, 5.41) is 26.4. The van der Waals surface area contributed by atoms with Crippen molar-refractivity contribution in [1.82, 2.24) is 16.0 Å². The summed E-state index contributed by atoms with van der Waals surface area (Å²) in [7, 11) is 0. The Labute approximate surface area is 204 Å². The van der Waals surface area contributed by atoms with Crippen LogP contribution in [0.4, 0.5) is 0 Å². The van der Waals surface area contributed by atoms with E-state index in [1.54, 1.807) is 31.2 Å². The number of hydrogen-bond donors (Lipinski definition) is 6. The third-order valence-corrected chi connectivity index (χ3v) is 6.11. The highest BCUT2D eigenvalue weighted by Crippen LogP contribution is 2.11. The van der Waals surface area contributed by atoms with Crippen molar-refractivity contribution in [3.05, 3.63) is 35.9 Å². The minimum Gasteiger partial charge on any atom is -0.480 e. The summed E-state index contributed by atoms with van der Waals surface area (Å²) < 4.78 is 0. The zero-order valence-electron chi connectivity index (χ0n) is 19.8. The SMILES string of the molecule is CCC(C)C(NC(=O)C(Cc1ccccc1)NC(=O)C(N)CO)C(=O)NC(CCSC)C(=O)O. The minimum atomic E-state index is -1.20. The van der Waals surface area contributed by atoms with Gasteiger partial charge < -0.3 is 31.9 Å². The largest absolute Gasteiger partial charge is 0.480 e. The van der Waals surface area contributed by atoms with Crippen LogP contribution in [-0.4, -0.2) is 76.7 Å². The fraction of sp³-hybridized carbons (Fsp3) is 0.565. The van der Waals surface area contributed by atoms with Gasteiger partial charge in [-0.2, -0.15) is 11.8 Å². The van der Waals surface area contributed by atoms with E-state index >= 15 is 0 Å². The van der Waals surface area contributed by atoms with Gasteiger partial charge in [-0.1, -0.05) is 50.6 Å². The molecule has 34 heavy (non-hydrogen) atoms. The van der Waals surface area contributed by atoms with Gasteiger partial charge in [-0.3, -0.25) is 14.4 Å². The van der Waals surface area contributed by atoms with Gasteiger partial charge in [0.2, 0.25) is 17.7 Å². The van der Waals surface area contributed by atoms with E-state index in [0.29, 0.717) is 12.2 Å². The quantitative estimate of drug-likeness (QED) is 0.195. The lowest BCUT2D eigenvalue weighted by atomic mass is 9.96. The smallest absolute Gasteiger partial charge is 0.326 e. The molecule has 1 aromatic rings. The predicted molar refractivity (Wildman–Crippen MR) is 131 cm³/mol. The molecule has 0 saturated carbocycles. The molecule has 0 fully saturated rings. The Kier molecular flexibility index (Phi) is 13.2. The number of aliphatic carboxylic acids is 1. The van der Waals surface area contributed by atoms with Gasteiger partial charge in [-0.15, -0.1) is 0 Å². The van der Waals surface area contributed by atoms with Gasteiger partial charge in [-0.25, -0.2) is 4.79 Å². The van der Waals surface area contributed by atoms with Crippen LogP contribution in [0.5, 0.6) is 0 Å². The molecule has 0 saturated heterocycles. The van der Waals surface area contributed by atoms with E-state index < -0.39 is 54.5 Å². The maximum absolute atomic E-state index is 13.2. The Morgan fingerprint density at radius 2 is 1.62 bits per heavy atom. The molecule has 10 nitrogen and oxygen atoms in total. The van der Waals surface area contributed by atoms with Crippen molar-refractivity contribution in [1.29, 1.82) is 0 Å². The molecule has 0 aliphatic rings. The van der Waals surface area contributed by atoms with Crippen LogP contribution in [-0.2, 0) is 25.6 Å².